The minimum atomic E-state index is -0.430. The van der Waals surface area contributed by atoms with E-state index < -0.39 is 4.92 Å². The fourth-order valence-electron chi connectivity index (χ4n) is 2.55. The Balaban J connectivity index is 1.96. The average molecular weight is 269 g/mol. The van der Waals surface area contributed by atoms with E-state index in [0.29, 0.717) is 5.69 Å². The molecule has 0 saturated heterocycles. The van der Waals surface area contributed by atoms with E-state index in [0.717, 1.165) is 18.9 Å². The maximum atomic E-state index is 10.9. The van der Waals surface area contributed by atoms with Gasteiger partial charge in [-0.2, -0.15) is 0 Å². The van der Waals surface area contributed by atoms with Crippen LogP contribution in [-0.4, -0.2) is 11.5 Å². The number of nitro groups is 1. The zero-order valence-corrected chi connectivity index (χ0v) is 10.9. The highest BCUT2D eigenvalue weighted by molar-refractivity contribution is 6.33. The molecule has 98 valence electrons. The molecule has 1 fully saturated rings. The highest BCUT2D eigenvalue weighted by Crippen LogP contribution is 2.33. The minimum Gasteiger partial charge on any atom is -0.379 e. The molecule has 0 bridgehead atoms. The average Bonchev–Trinajstić information content (AvgIpc) is 2.81. The molecule has 1 aromatic carbocycles. The zero-order valence-electron chi connectivity index (χ0n) is 10.2. The van der Waals surface area contributed by atoms with Crippen LogP contribution < -0.4 is 5.32 Å². The molecule has 0 spiro atoms. The van der Waals surface area contributed by atoms with Crippen molar-refractivity contribution in [2.75, 3.05) is 11.9 Å². The predicted molar refractivity (Wildman–Crippen MR) is 73.2 cm³/mol. The SMILES string of the molecule is O=[N+]([O-])c1c(Cl)cccc1NCCC1CCCC1. The molecule has 0 atom stereocenters. The van der Waals surface area contributed by atoms with Crippen molar-refractivity contribution in [2.24, 2.45) is 5.92 Å². The lowest BCUT2D eigenvalue weighted by atomic mass is 10.0. The van der Waals surface area contributed by atoms with Crippen LogP contribution in [0.15, 0.2) is 18.2 Å². The second-order valence-electron chi connectivity index (χ2n) is 4.76. The summed E-state index contributed by atoms with van der Waals surface area (Å²) in [6.45, 7) is 0.770. The molecule has 0 radical (unpaired) electrons. The van der Waals surface area contributed by atoms with E-state index in [1.54, 1.807) is 18.2 Å². The number of nitrogens with zero attached hydrogens (tertiary/aromatic N) is 1. The van der Waals surface area contributed by atoms with E-state index >= 15 is 0 Å². The molecule has 0 aromatic heterocycles. The second-order valence-corrected chi connectivity index (χ2v) is 5.17. The molecule has 1 aliphatic carbocycles. The Morgan fingerprint density at radius 3 is 2.78 bits per heavy atom. The van der Waals surface area contributed by atoms with E-state index in [1.165, 1.54) is 25.7 Å². The number of para-hydroxylation sites is 1. The summed E-state index contributed by atoms with van der Waals surface area (Å²) in [5.74, 6) is 0.774. The van der Waals surface area contributed by atoms with Gasteiger partial charge in [0.15, 0.2) is 0 Å². The highest BCUT2D eigenvalue weighted by atomic mass is 35.5. The lowest BCUT2D eigenvalue weighted by Crippen LogP contribution is -2.08. The van der Waals surface area contributed by atoms with Gasteiger partial charge < -0.3 is 5.32 Å². The first-order chi connectivity index (χ1) is 8.68. The molecule has 1 saturated carbocycles. The molecule has 1 N–H and O–H groups in total. The third-order valence-electron chi connectivity index (χ3n) is 3.51. The summed E-state index contributed by atoms with van der Waals surface area (Å²) in [6, 6.07) is 4.98. The molecule has 2 rings (SSSR count). The van der Waals surface area contributed by atoms with Crippen molar-refractivity contribution in [3.8, 4) is 0 Å². The van der Waals surface area contributed by atoms with E-state index in [2.05, 4.69) is 5.32 Å². The van der Waals surface area contributed by atoms with Crippen molar-refractivity contribution in [2.45, 2.75) is 32.1 Å². The summed E-state index contributed by atoms with van der Waals surface area (Å²) in [4.78, 5) is 10.5. The number of nitro benzene ring substituents is 1. The molecular weight excluding hydrogens is 252 g/mol. The molecule has 0 unspecified atom stereocenters. The van der Waals surface area contributed by atoms with Crippen LogP contribution in [-0.2, 0) is 0 Å². The fraction of sp³-hybridized carbons (Fsp3) is 0.538. The highest BCUT2D eigenvalue weighted by Gasteiger charge is 2.19. The Bertz CT molecular complexity index is 431. The number of anilines is 1. The largest absolute Gasteiger partial charge is 0.379 e. The van der Waals surface area contributed by atoms with Gasteiger partial charge in [0.25, 0.3) is 0 Å². The Kier molecular flexibility index (Phi) is 4.42. The van der Waals surface area contributed by atoms with Crippen molar-refractivity contribution in [1.29, 1.82) is 0 Å². The van der Waals surface area contributed by atoms with E-state index in [9.17, 15) is 10.1 Å². The van der Waals surface area contributed by atoms with Crippen LogP contribution in [0.4, 0.5) is 11.4 Å². The smallest absolute Gasteiger partial charge is 0.310 e. The number of nitrogens with one attached hydrogen (secondary N) is 1. The Morgan fingerprint density at radius 2 is 2.11 bits per heavy atom. The lowest BCUT2D eigenvalue weighted by Gasteiger charge is -2.11. The van der Waals surface area contributed by atoms with Crippen LogP contribution in [0.3, 0.4) is 0 Å². The molecule has 5 heteroatoms. The lowest BCUT2D eigenvalue weighted by molar-refractivity contribution is -0.383. The standard InChI is InChI=1S/C13H17ClN2O2/c14-11-6-3-7-12(13(11)16(17)18)15-9-8-10-4-1-2-5-10/h3,6-7,10,15H,1-2,4-5,8-9H2. The van der Waals surface area contributed by atoms with Crippen LogP contribution in [0.2, 0.25) is 5.02 Å². The van der Waals surface area contributed by atoms with Crippen LogP contribution in [0.5, 0.6) is 0 Å². The first kappa shape index (κ1) is 13.1. The van der Waals surface area contributed by atoms with Gasteiger partial charge in [-0.25, -0.2) is 0 Å². The predicted octanol–water partition coefficient (Wildman–Crippen LogP) is 4.24. The third-order valence-corrected chi connectivity index (χ3v) is 3.82. The summed E-state index contributed by atoms with van der Waals surface area (Å²) in [7, 11) is 0. The molecule has 1 aromatic rings. The van der Waals surface area contributed by atoms with Gasteiger partial charge >= 0.3 is 5.69 Å². The van der Waals surface area contributed by atoms with Gasteiger partial charge in [-0.1, -0.05) is 43.4 Å². The minimum absolute atomic E-state index is 0.0226. The van der Waals surface area contributed by atoms with Crippen molar-refractivity contribution in [1.82, 2.24) is 0 Å². The maximum Gasteiger partial charge on any atom is 0.310 e. The van der Waals surface area contributed by atoms with E-state index in [1.807, 2.05) is 0 Å². The molecule has 0 amide bonds. The zero-order chi connectivity index (χ0) is 13.0. The number of hydrogen-bond acceptors (Lipinski definition) is 3. The van der Waals surface area contributed by atoms with Gasteiger partial charge in [-0.05, 0) is 24.5 Å². The number of rotatable bonds is 5. The third kappa shape index (κ3) is 3.13. The number of hydrogen-bond donors (Lipinski definition) is 1. The van der Waals surface area contributed by atoms with E-state index in [-0.39, 0.29) is 10.7 Å². The summed E-state index contributed by atoms with van der Waals surface area (Å²) >= 11 is 5.85. The molecule has 1 aliphatic rings. The first-order valence-electron chi connectivity index (χ1n) is 6.35. The molecule has 0 aliphatic heterocycles. The molecule has 18 heavy (non-hydrogen) atoms. The van der Waals surface area contributed by atoms with Gasteiger partial charge in [0.2, 0.25) is 0 Å². The van der Waals surface area contributed by atoms with Gasteiger partial charge in [0.1, 0.15) is 10.7 Å². The monoisotopic (exact) mass is 268 g/mol. The quantitative estimate of drug-likeness (QED) is 0.642. The topological polar surface area (TPSA) is 55.2 Å². The van der Waals surface area contributed by atoms with Gasteiger partial charge in [0, 0.05) is 6.54 Å². The van der Waals surface area contributed by atoms with E-state index in [4.69, 9.17) is 11.6 Å². The Morgan fingerprint density at radius 1 is 1.39 bits per heavy atom. The van der Waals surface area contributed by atoms with Crippen LogP contribution >= 0.6 is 11.6 Å². The maximum absolute atomic E-state index is 10.9. The van der Waals surface area contributed by atoms with Crippen LogP contribution in [0, 0.1) is 16.0 Å². The molecule has 0 heterocycles. The van der Waals surface area contributed by atoms with Gasteiger partial charge in [-0.3, -0.25) is 10.1 Å². The number of benzene rings is 1. The Labute approximate surface area is 111 Å². The van der Waals surface area contributed by atoms with Crippen molar-refractivity contribution < 1.29 is 4.92 Å². The summed E-state index contributed by atoms with van der Waals surface area (Å²) < 4.78 is 0. The second kappa shape index (κ2) is 6.05. The van der Waals surface area contributed by atoms with Crippen molar-refractivity contribution in [3.05, 3.63) is 33.3 Å². The summed E-state index contributed by atoms with van der Waals surface area (Å²) in [5, 5.41) is 14.3. The number of halogens is 1. The normalized spacial score (nSPS) is 15.8. The first-order valence-corrected chi connectivity index (χ1v) is 6.73. The summed E-state index contributed by atoms with van der Waals surface area (Å²) in [5.41, 5.74) is 0.496. The fourth-order valence-corrected chi connectivity index (χ4v) is 2.80. The van der Waals surface area contributed by atoms with Crippen molar-refractivity contribution in [3.63, 3.8) is 0 Å². The van der Waals surface area contributed by atoms with Gasteiger partial charge in [0.05, 0.1) is 4.92 Å². The van der Waals surface area contributed by atoms with Gasteiger partial charge in [-0.15, -0.1) is 0 Å². The van der Waals surface area contributed by atoms with Crippen LogP contribution in [0.1, 0.15) is 32.1 Å². The molecular formula is C13H17ClN2O2. The van der Waals surface area contributed by atoms with Crippen molar-refractivity contribution >= 4 is 23.0 Å². The van der Waals surface area contributed by atoms with Crippen LogP contribution in [0.25, 0.3) is 0 Å². The Hall–Kier alpha value is -1.29. The summed E-state index contributed by atoms with van der Waals surface area (Å²) in [6.07, 6.45) is 6.30. The molecule has 4 nitrogen and oxygen atoms in total.